The summed E-state index contributed by atoms with van der Waals surface area (Å²) in [5.74, 6) is 0.0342. The van der Waals surface area contributed by atoms with E-state index in [1.807, 2.05) is 6.08 Å². The molecule has 1 rings (SSSR count). The van der Waals surface area contributed by atoms with Crippen molar-refractivity contribution >= 4 is 5.91 Å². The van der Waals surface area contributed by atoms with Crippen LogP contribution in [0.15, 0.2) is 12.2 Å². The van der Waals surface area contributed by atoms with Gasteiger partial charge in [-0.05, 0) is 25.7 Å². The number of aliphatic hydroxyl groups excluding tert-OH is 2. The van der Waals surface area contributed by atoms with Gasteiger partial charge in [0.05, 0.1) is 18.8 Å². The molecule has 29 heavy (non-hydrogen) atoms. The Morgan fingerprint density at radius 2 is 1.48 bits per heavy atom. The highest BCUT2D eigenvalue weighted by Gasteiger charge is 2.25. The van der Waals surface area contributed by atoms with E-state index in [2.05, 4.69) is 12.2 Å². The van der Waals surface area contributed by atoms with Crippen molar-refractivity contribution in [2.75, 3.05) is 6.61 Å². The monoisotopic (exact) mass is 409 g/mol. The highest BCUT2D eigenvalue weighted by Crippen LogP contribution is 2.23. The molecule has 4 heteroatoms. The summed E-state index contributed by atoms with van der Waals surface area (Å²) in [5.41, 5.74) is 0. The number of carbonyl (C=O) groups is 1. The van der Waals surface area contributed by atoms with Crippen LogP contribution in [-0.4, -0.2) is 34.9 Å². The van der Waals surface area contributed by atoms with Crippen molar-refractivity contribution in [1.82, 2.24) is 5.32 Å². The van der Waals surface area contributed by atoms with Gasteiger partial charge in [-0.2, -0.15) is 0 Å². The molecule has 0 saturated heterocycles. The smallest absolute Gasteiger partial charge is 0.223 e. The molecule has 1 fully saturated rings. The van der Waals surface area contributed by atoms with E-state index in [-0.39, 0.29) is 18.4 Å². The number of rotatable bonds is 17. The molecule has 170 valence electrons. The summed E-state index contributed by atoms with van der Waals surface area (Å²) in [6, 6.07) is -0.599. The van der Waals surface area contributed by atoms with Crippen LogP contribution in [0.3, 0.4) is 0 Å². The van der Waals surface area contributed by atoms with Crippen LogP contribution in [0.4, 0.5) is 0 Å². The Hall–Kier alpha value is -0.870. The first-order valence-corrected chi connectivity index (χ1v) is 12.4. The number of hydrogen-bond acceptors (Lipinski definition) is 3. The molecule has 0 aliphatic heterocycles. The Bertz CT molecular complexity index is 418. The molecule has 2 atom stereocenters. The third-order valence-electron chi connectivity index (χ3n) is 6.22. The minimum atomic E-state index is -0.819. The molecular formula is C25H47NO3. The largest absolute Gasteiger partial charge is 0.394 e. The van der Waals surface area contributed by atoms with E-state index < -0.39 is 12.1 Å². The molecule has 0 aromatic rings. The summed E-state index contributed by atoms with van der Waals surface area (Å²) in [5, 5.41) is 22.7. The zero-order valence-corrected chi connectivity index (χ0v) is 18.9. The molecule has 0 aromatic carbocycles. The molecule has 1 amide bonds. The standard InChI is InChI=1S/C25H47NO3/c1-2-3-4-5-6-7-8-9-10-11-12-13-17-20-24(28)23(21-27)26-25(29)22-18-15-14-16-19-22/h17,20,22-24,27-28H,2-16,18-19,21H2,1H3,(H,26,29)/t23-,24+/m0/s1. The van der Waals surface area contributed by atoms with Gasteiger partial charge in [0, 0.05) is 5.92 Å². The maximum atomic E-state index is 12.3. The molecule has 1 aliphatic carbocycles. The second-order valence-corrected chi connectivity index (χ2v) is 8.88. The molecule has 0 unspecified atom stereocenters. The van der Waals surface area contributed by atoms with E-state index in [0.717, 1.165) is 38.5 Å². The predicted molar refractivity (Wildman–Crippen MR) is 122 cm³/mol. The molecule has 0 bridgehead atoms. The predicted octanol–water partition coefficient (Wildman–Crippen LogP) is 5.66. The van der Waals surface area contributed by atoms with E-state index in [9.17, 15) is 15.0 Å². The average Bonchev–Trinajstić information content (AvgIpc) is 2.75. The Morgan fingerprint density at radius 1 is 0.931 bits per heavy atom. The Kier molecular flexibility index (Phi) is 16.2. The zero-order valence-electron chi connectivity index (χ0n) is 18.9. The minimum absolute atomic E-state index is 0.0124. The summed E-state index contributed by atoms with van der Waals surface area (Å²) in [7, 11) is 0. The van der Waals surface area contributed by atoms with Crippen molar-refractivity contribution in [3.63, 3.8) is 0 Å². The second-order valence-electron chi connectivity index (χ2n) is 8.88. The second kappa shape index (κ2) is 17.9. The number of aliphatic hydroxyl groups is 2. The third kappa shape index (κ3) is 13.1. The van der Waals surface area contributed by atoms with Crippen LogP contribution in [0.1, 0.15) is 116 Å². The van der Waals surface area contributed by atoms with Gasteiger partial charge in [0.15, 0.2) is 0 Å². The van der Waals surface area contributed by atoms with Crippen LogP contribution in [-0.2, 0) is 4.79 Å². The van der Waals surface area contributed by atoms with Crippen molar-refractivity contribution in [3.8, 4) is 0 Å². The van der Waals surface area contributed by atoms with Gasteiger partial charge >= 0.3 is 0 Å². The first-order valence-electron chi connectivity index (χ1n) is 12.4. The lowest BCUT2D eigenvalue weighted by molar-refractivity contribution is -0.127. The summed E-state index contributed by atoms with van der Waals surface area (Å²) in [4.78, 5) is 12.3. The van der Waals surface area contributed by atoms with Crippen molar-refractivity contribution in [2.24, 2.45) is 5.92 Å². The fourth-order valence-corrected chi connectivity index (χ4v) is 4.20. The summed E-state index contributed by atoms with van der Waals surface area (Å²) >= 11 is 0. The van der Waals surface area contributed by atoms with E-state index in [4.69, 9.17) is 0 Å². The molecule has 4 nitrogen and oxygen atoms in total. The van der Waals surface area contributed by atoms with Crippen molar-refractivity contribution in [3.05, 3.63) is 12.2 Å². The first-order chi connectivity index (χ1) is 14.2. The van der Waals surface area contributed by atoms with Crippen LogP contribution in [0.25, 0.3) is 0 Å². The maximum absolute atomic E-state index is 12.3. The molecule has 1 saturated carbocycles. The SMILES string of the molecule is CCCCCCCCCCCCCC=C[C@@H](O)[C@H](CO)NC(=O)C1CCCCC1. The lowest BCUT2D eigenvalue weighted by atomic mass is 9.88. The van der Waals surface area contributed by atoms with Gasteiger partial charge in [-0.1, -0.05) is 103 Å². The summed E-state index contributed by atoms with van der Waals surface area (Å²) < 4.78 is 0. The molecular weight excluding hydrogens is 362 g/mol. The van der Waals surface area contributed by atoms with Crippen LogP contribution in [0.5, 0.6) is 0 Å². The Morgan fingerprint density at radius 3 is 2.03 bits per heavy atom. The lowest BCUT2D eigenvalue weighted by Gasteiger charge is -2.25. The molecule has 0 heterocycles. The third-order valence-corrected chi connectivity index (χ3v) is 6.22. The fourth-order valence-electron chi connectivity index (χ4n) is 4.20. The van der Waals surface area contributed by atoms with E-state index in [1.165, 1.54) is 70.6 Å². The first kappa shape index (κ1) is 26.2. The molecule has 0 radical (unpaired) electrons. The number of amides is 1. The van der Waals surface area contributed by atoms with E-state index in [0.29, 0.717) is 0 Å². The summed E-state index contributed by atoms with van der Waals surface area (Å²) in [6.45, 7) is 2.03. The summed E-state index contributed by atoms with van der Waals surface area (Å²) in [6.07, 6.45) is 23.7. The molecule has 0 spiro atoms. The van der Waals surface area contributed by atoms with Crippen LogP contribution in [0.2, 0.25) is 0 Å². The molecule has 0 aromatic heterocycles. The van der Waals surface area contributed by atoms with Gasteiger partial charge in [-0.15, -0.1) is 0 Å². The van der Waals surface area contributed by atoms with Gasteiger partial charge in [-0.3, -0.25) is 4.79 Å². The lowest BCUT2D eigenvalue weighted by Crippen LogP contribution is -2.47. The van der Waals surface area contributed by atoms with Crippen molar-refractivity contribution in [1.29, 1.82) is 0 Å². The Balaban J connectivity index is 2.04. The molecule has 3 N–H and O–H groups in total. The number of carbonyl (C=O) groups excluding carboxylic acids is 1. The zero-order chi connectivity index (χ0) is 21.2. The molecule has 1 aliphatic rings. The fraction of sp³-hybridized carbons (Fsp3) is 0.880. The van der Waals surface area contributed by atoms with Gasteiger partial charge in [-0.25, -0.2) is 0 Å². The van der Waals surface area contributed by atoms with Crippen LogP contribution < -0.4 is 5.32 Å². The highest BCUT2D eigenvalue weighted by atomic mass is 16.3. The van der Waals surface area contributed by atoms with Crippen molar-refractivity contribution in [2.45, 2.75) is 128 Å². The number of unbranched alkanes of at least 4 members (excludes halogenated alkanes) is 11. The van der Waals surface area contributed by atoms with Gasteiger partial charge in [0.1, 0.15) is 0 Å². The van der Waals surface area contributed by atoms with Crippen LogP contribution >= 0.6 is 0 Å². The van der Waals surface area contributed by atoms with E-state index in [1.54, 1.807) is 6.08 Å². The quantitative estimate of drug-likeness (QED) is 0.214. The maximum Gasteiger partial charge on any atom is 0.223 e. The van der Waals surface area contributed by atoms with Gasteiger partial charge in [0.2, 0.25) is 5.91 Å². The minimum Gasteiger partial charge on any atom is -0.394 e. The number of hydrogen-bond donors (Lipinski definition) is 3. The van der Waals surface area contributed by atoms with Gasteiger partial charge in [0.25, 0.3) is 0 Å². The number of nitrogens with one attached hydrogen (secondary N) is 1. The van der Waals surface area contributed by atoms with Crippen molar-refractivity contribution < 1.29 is 15.0 Å². The Labute approximate surface area is 179 Å². The van der Waals surface area contributed by atoms with Crippen LogP contribution in [0, 0.1) is 5.92 Å². The van der Waals surface area contributed by atoms with Gasteiger partial charge < -0.3 is 15.5 Å². The normalized spacial score (nSPS) is 17.5. The highest BCUT2D eigenvalue weighted by molar-refractivity contribution is 5.79. The average molecular weight is 410 g/mol. The number of allylic oxidation sites excluding steroid dienone is 1. The van der Waals surface area contributed by atoms with E-state index >= 15 is 0 Å². The topological polar surface area (TPSA) is 69.6 Å².